The Morgan fingerprint density at radius 2 is 1.68 bits per heavy atom. The van der Waals surface area contributed by atoms with Gasteiger partial charge in [0.15, 0.2) is 5.12 Å². The van der Waals surface area contributed by atoms with Gasteiger partial charge in [0.05, 0.1) is 0 Å². The zero-order valence-corrected chi connectivity index (χ0v) is 11.5. The minimum Gasteiger partial charge on any atom is -0.287 e. The molecule has 0 aliphatic heterocycles. The van der Waals surface area contributed by atoms with Gasteiger partial charge in [0.2, 0.25) is 0 Å². The number of rotatable bonds is 5. The zero-order chi connectivity index (χ0) is 13.5. The van der Waals surface area contributed by atoms with E-state index in [-0.39, 0.29) is 5.12 Å². The lowest BCUT2D eigenvalue weighted by atomic mass is 10.1. The van der Waals surface area contributed by atoms with Crippen molar-refractivity contribution in [2.45, 2.75) is 12.2 Å². The van der Waals surface area contributed by atoms with Crippen molar-refractivity contribution in [1.82, 2.24) is 0 Å². The molecule has 0 bridgehead atoms. The Hall–Kier alpha value is -1.80. The van der Waals surface area contributed by atoms with Crippen molar-refractivity contribution in [3.05, 3.63) is 77.9 Å². The van der Waals surface area contributed by atoms with Crippen LogP contribution in [0, 0.1) is 0 Å². The maximum atomic E-state index is 11.9. The Bertz CT molecular complexity index is 543. The fourth-order valence-corrected chi connectivity index (χ4v) is 2.52. The van der Waals surface area contributed by atoms with Gasteiger partial charge in [-0.25, -0.2) is 0 Å². The molecule has 0 saturated carbocycles. The van der Waals surface area contributed by atoms with Crippen LogP contribution in [0.5, 0.6) is 0 Å². The highest BCUT2D eigenvalue weighted by Crippen LogP contribution is 2.16. The van der Waals surface area contributed by atoms with Gasteiger partial charge in [0, 0.05) is 12.2 Å². The minimum atomic E-state index is 0.207. The van der Waals surface area contributed by atoms with Gasteiger partial charge in [-0.3, -0.25) is 4.79 Å². The van der Waals surface area contributed by atoms with Crippen LogP contribution in [0.15, 0.2) is 61.2 Å². The van der Waals surface area contributed by atoms with Crippen LogP contribution in [0.1, 0.15) is 16.7 Å². The third-order valence-electron chi connectivity index (χ3n) is 2.81. The van der Waals surface area contributed by atoms with Gasteiger partial charge in [-0.2, -0.15) is 0 Å². The van der Waals surface area contributed by atoms with Crippen molar-refractivity contribution >= 4 is 23.0 Å². The van der Waals surface area contributed by atoms with Crippen molar-refractivity contribution in [3.63, 3.8) is 0 Å². The molecule has 0 aliphatic carbocycles. The highest BCUT2D eigenvalue weighted by Gasteiger charge is 2.04. The highest BCUT2D eigenvalue weighted by molar-refractivity contribution is 8.12. The van der Waals surface area contributed by atoms with Crippen molar-refractivity contribution in [1.29, 1.82) is 0 Å². The van der Waals surface area contributed by atoms with Crippen LogP contribution >= 0.6 is 11.8 Å². The molecule has 0 heterocycles. The molecule has 0 atom stereocenters. The van der Waals surface area contributed by atoms with E-state index in [1.54, 1.807) is 0 Å². The summed E-state index contributed by atoms with van der Waals surface area (Å²) < 4.78 is 0. The van der Waals surface area contributed by atoms with E-state index in [1.807, 2.05) is 60.7 Å². The first-order chi connectivity index (χ1) is 9.28. The van der Waals surface area contributed by atoms with Gasteiger partial charge in [-0.05, 0) is 16.7 Å². The number of carbonyl (C=O) groups is 1. The summed E-state index contributed by atoms with van der Waals surface area (Å²) in [5, 5.41) is 0.207. The van der Waals surface area contributed by atoms with E-state index in [2.05, 4.69) is 6.58 Å². The fourth-order valence-electron chi connectivity index (χ4n) is 1.73. The average molecular weight is 268 g/mol. The lowest BCUT2D eigenvalue weighted by Gasteiger charge is -2.02. The first-order valence-corrected chi connectivity index (χ1v) is 7.17. The molecule has 0 amide bonds. The van der Waals surface area contributed by atoms with E-state index in [4.69, 9.17) is 0 Å². The molecule has 2 heteroatoms. The van der Waals surface area contributed by atoms with Crippen molar-refractivity contribution < 1.29 is 4.79 Å². The van der Waals surface area contributed by atoms with E-state index in [9.17, 15) is 4.79 Å². The van der Waals surface area contributed by atoms with E-state index in [0.717, 1.165) is 22.4 Å². The highest BCUT2D eigenvalue weighted by atomic mass is 32.2. The fraction of sp³-hybridized carbons (Fsp3) is 0.118. The molecule has 0 radical (unpaired) electrons. The molecule has 0 aromatic heterocycles. The normalized spacial score (nSPS) is 10.1. The Kier molecular flexibility index (Phi) is 4.99. The van der Waals surface area contributed by atoms with Gasteiger partial charge in [0.25, 0.3) is 0 Å². The van der Waals surface area contributed by atoms with Crippen LogP contribution in [0.25, 0.3) is 6.08 Å². The minimum absolute atomic E-state index is 0.207. The molecular formula is C17H16OS. The largest absolute Gasteiger partial charge is 0.287 e. The molecule has 2 rings (SSSR count). The quantitative estimate of drug-likeness (QED) is 0.802. The molecule has 0 saturated heterocycles. The van der Waals surface area contributed by atoms with E-state index in [1.165, 1.54) is 11.8 Å². The Balaban J connectivity index is 1.84. The van der Waals surface area contributed by atoms with E-state index < -0.39 is 0 Å². The average Bonchev–Trinajstić information content (AvgIpc) is 2.47. The van der Waals surface area contributed by atoms with Gasteiger partial charge in [-0.15, -0.1) is 0 Å². The van der Waals surface area contributed by atoms with Gasteiger partial charge in [0.1, 0.15) is 0 Å². The van der Waals surface area contributed by atoms with Crippen LogP contribution in [0.3, 0.4) is 0 Å². The maximum absolute atomic E-state index is 11.9. The summed E-state index contributed by atoms with van der Waals surface area (Å²) in [5.41, 5.74) is 3.34. The molecule has 0 N–H and O–H groups in total. The van der Waals surface area contributed by atoms with E-state index in [0.29, 0.717) is 6.42 Å². The van der Waals surface area contributed by atoms with E-state index >= 15 is 0 Å². The molecule has 0 aliphatic rings. The summed E-state index contributed by atoms with van der Waals surface area (Å²) in [7, 11) is 0. The van der Waals surface area contributed by atoms with Crippen molar-refractivity contribution in [3.8, 4) is 0 Å². The SMILES string of the molecule is C=Cc1ccc(CSC(=O)Cc2ccccc2)cc1. The molecule has 0 spiro atoms. The number of benzene rings is 2. The number of hydrogen-bond acceptors (Lipinski definition) is 2. The summed E-state index contributed by atoms with van der Waals surface area (Å²) in [4.78, 5) is 11.9. The first kappa shape index (κ1) is 13.6. The van der Waals surface area contributed by atoms with Crippen LogP contribution in [-0.4, -0.2) is 5.12 Å². The summed E-state index contributed by atoms with van der Waals surface area (Å²) in [5.74, 6) is 0.725. The summed E-state index contributed by atoms with van der Waals surface area (Å²) >= 11 is 1.37. The smallest absolute Gasteiger partial charge is 0.193 e. The van der Waals surface area contributed by atoms with Crippen LogP contribution in [0.2, 0.25) is 0 Å². The third kappa shape index (κ3) is 4.42. The second kappa shape index (κ2) is 6.95. The second-order valence-corrected chi connectivity index (χ2v) is 5.30. The third-order valence-corrected chi connectivity index (χ3v) is 3.75. The van der Waals surface area contributed by atoms with Crippen LogP contribution in [0.4, 0.5) is 0 Å². The lowest BCUT2D eigenvalue weighted by Crippen LogP contribution is -1.98. The molecule has 19 heavy (non-hydrogen) atoms. The number of carbonyl (C=O) groups excluding carboxylic acids is 1. The molecule has 96 valence electrons. The molecule has 0 unspecified atom stereocenters. The maximum Gasteiger partial charge on any atom is 0.193 e. The Labute approximate surface area is 118 Å². The van der Waals surface area contributed by atoms with Crippen molar-refractivity contribution in [2.24, 2.45) is 0 Å². The van der Waals surface area contributed by atoms with Crippen LogP contribution in [-0.2, 0) is 17.0 Å². The standard InChI is InChI=1S/C17H16OS/c1-2-14-8-10-16(11-9-14)13-19-17(18)12-15-6-4-3-5-7-15/h2-11H,1,12-13H2. The zero-order valence-electron chi connectivity index (χ0n) is 10.7. The predicted octanol–water partition coefficient (Wildman–Crippen LogP) is 4.33. The summed E-state index contributed by atoms with van der Waals surface area (Å²) in [6, 6.07) is 18.0. The summed E-state index contributed by atoms with van der Waals surface area (Å²) in [6.07, 6.45) is 2.31. The van der Waals surface area contributed by atoms with Gasteiger partial charge < -0.3 is 0 Å². The lowest BCUT2D eigenvalue weighted by molar-refractivity contribution is -0.110. The monoisotopic (exact) mass is 268 g/mol. The molecular weight excluding hydrogens is 252 g/mol. The first-order valence-electron chi connectivity index (χ1n) is 6.19. The van der Waals surface area contributed by atoms with Crippen LogP contribution < -0.4 is 0 Å². The molecule has 0 fully saturated rings. The number of hydrogen-bond donors (Lipinski definition) is 0. The topological polar surface area (TPSA) is 17.1 Å². The Morgan fingerprint density at radius 1 is 1.00 bits per heavy atom. The van der Waals surface area contributed by atoms with Gasteiger partial charge in [-0.1, -0.05) is 79.0 Å². The molecule has 1 nitrogen and oxygen atoms in total. The molecule has 2 aromatic carbocycles. The Morgan fingerprint density at radius 3 is 2.32 bits per heavy atom. The molecule has 2 aromatic rings. The second-order valence-electron chi connectivity index (χ2n) is 4.27. The summed E-state index contributed by atoms with van der Waals surface area (Å²) in [6.45, 7) is 3.72. The van der Waals surface area contributed by atoms with Gasteiger partial charge >= 0.3 is 0 Å². The number of thioether (sulfide) groups is 1. The van der Waals surface area contributed by atoms with Crippen molar-refractivity contribution in [2.75, 3.05) is 0 Å². The predicted molar refractivity (Wildman–Crippen MR) is 83.0 cm³/mol.